The number of nitrogens with zero attached hydrogens (tertiary/aromatic N) is 3. The van der Waals surface area contributed by atoms with Crippen LogP contribution in [0.3, 0.4) is 0 Å². The molecule has 2 aromatic heterocycles. The van der Waals surface area contributed by atoms with Crippen LogP contribution in [0.2, 0.25) is 0 Å². The van der Waals surface area contributed by atoms with E-state index < -0.39 is 5.97 Å². The fourth-order valence-electron chi connectivity index (χ4n) is 2.78. The fourth-order valence-corrected chi connectivity index (χ4v) is 2.78. The highest BCUT2D eigenvalue weighted by atomic mass is 16.4. The number of carboxylic acid groups (broad SMARTS) is 1. The van der Waals surface area contributed by atoms with Gasteiger partial charge >= 0.3 is 5.97 Å². The molecule has 6 nitrogen and oxygen atoms in total. The molecule has 0 spiro atoms. The summed E-state index contributed by atoms with van der Waals surface area (Å²) in [5, 5.41) is 16.7. The third-order valence-electron chi connectivity index (χ3n) is 3.69. The van der Waals surface area contributed by atoms with Crippen LogP contribution in [-0.4, -0.2) is 31.7 Å². The minimum absolute atomic E-state index is 0.0355. The number of aromatic nitrogens is 3. The normalized spacial score (nSPS) is 22.8. The molecule has 0 aromatic carbocycles. The Morgan fingerprint density at radius 1 is 1.47 bits per heavy atom. The van der Waals surface area contributed by atoms with Gasteiger partial charge in [0, 0.05) is 6.04 Å². The lowest BCUT2D eigenvalue weighted by molar-refractivity contribution is -0.141. The Labute approximate surface area is 110 Å². The van der Waals surface area contributed by atoms with Crippen molar-refractivity contribution in [3.8, 4) is 0 Å². The Balaban J connectivity index is 1.92. The van der Waals surface area contributed by atoms with Crippen LogP contribution in [0.5, 0.6) is 0 Å². The largest absolute Gasteiger partial charge is 0.481 e. The van der Waals surface area contributed by atoms with Gasteiger partial charge < -0.3 is 10.4 Å². The first-order valence-corrected chi connectivity index (χ1v) is 6.45. The van der Waals surface area contributed by atoms with Gasteiger partial charge in [-0.1, -0.05) is 6.42 Å². The van der Waals surface area contributed by atoms with E-state index in [0.717, 1.165) is 36.3 Å². The molecule has 3 rings (SSSR count). The maximum Gasteiger partial charge on any atom is 0.308 e. The monoisotopic (exact) mass is 260 g/mol. The van der Waals surface area contributed by atoms with E-state index in [4.69, 9.17) is 0 Å². The van der Waals surface area contributed by atoms with Crippen LogP contribution in [0.4, 0.5) is 5.82 Å². The number of nitrogens with one attached hydrogen (secondary N) is 1. The molecule has 6 heteroatoms. The van der Waals surface area contributed by atoms with Crippen molar-refractivity contribution in [3.63, 3.8) is 0 Å². The Bertz CT molecular complexity index is 622. The third-order valence-corrected chi connectivity index (χ3v) is 3.69. The minimum atomic E-state index is -0.725. The zero-order chi connectivity index (χ0) is 13.4. The molecule has 100 valence electrons. The molecule has 2 aromatic rings. The van der Waals surface area contributed by atoms with Crippen LogP contribution in [0.25, 0.3) is 5.65 Å². The van der Waals surface area contributed by atoms with Crippen LogP contribution in [-0.2, 0) is 4.79 Å². The molecule has 2 atom stereocenters. The van der Waals surface area contributed by atoms with Gasteiger partial charge in [-0.05, 0) is 37.5 Å². The van der Waals surface area contributed by atoms with E-state index in [1.807, 2.05) is 19.1 Å². The first-order valence-electron chi connectivity index (χ1n) is 6.45. The Kier molecular flexibility index (Phi) is 2.85. The number of carbonyl (C=O) groups is 1. The van der Waals surface area contributed by atoms with E-state index in [9.17, 15) is 9.90 Å². The summed E-state index contributed by atoms with van der Waals surface area (Å²) < 4.78 is 1.71. The summed E-state index contributed by atoms with van der Waals surface area (Å²) in [4.78, 5) is 15.4. The summed E-state index contributed by atoms with van der Waals surface area (Å²) in [6, 6.07) is 3.88. The van der Waals surface area contributed by atoms with Crippen LogP contribution in [0.15, 0.2) is 18.5 Å². The molecule has 0 amide bonds. The van der Waals surface area contributed by atoms with Crippen LogP contribution in [0, 0.1) is 12.8 Å². The van der Waals surface area contributed by atoms with Crippen molar-refractivity contribution in [2.24, 2.45) is 5.92 Å². The van der Waals surface area contributed by atoms with Gasteiger partial charge in [0.25, 0.3) is 0 Å². The average Bonchev–Trinajstić information content (AvgIpc) is 2.96. The van der Waals surface area contributed by atoms with E-state index >= 15 is 0 Å². The van der Waals surface area contributed by atoms with Gasteiger partial charge in [0.15, 0.2) is 5.65 Å². The molecule has 1 fully saturated rings. The number of rotatable bonds is 3. The summed E-state index contributed by atoms with van der Waals surface area (Å²) in [5.74, 6) is -0.234. The van der Waals surface area contributed by atoms with Crippen molar-refractivity contribution in [2.45, 2.75) is 32.2 Å². The highest BCUT2D eigenvalue weighted by Crippen LogP contribution is 2.29. The predicted octanol–water partition coefficient (Wildman–Crippen LogP) is 1.70. The predicted molar refractivity (Wildman–Crippen MR) is 70.1 cm³/mol. The van der Waals surface area contributed by atoms with Gasteiger partial charge in [-0.15, -0.1) is 0 Å². The van der Waals surface area contributed by atoms with E-state index in [-0.39, 0.29) is 12.0 Å². The van der Waals surface area contributed by atoms with E-state index in [1.54, 1.807) is 4.52 Å². The Morgan fingerprint density at radius 3 is 3.11 bits per heavy atom. The molecule has 2 unspecified atom stereocenters. The van der Waals surface area contributed by atoms with Crippen molar-refractivity contribution < 1.29 is 9.90 Å². The van der Waals surface area contributed by atoms with Gasteiger partial charge in [0.05, 0.1) is 5.92 Å². The van der Waals surface area contributed by atoms with Crippen molar-refractivity contribution >= 4 is 17.4 Å². The molecule has 0 bridgehead atoms. The molecule has 0 aliphatic heterocycles. The fraction of sp³-hybridized carbons (Fsp3) is 0.462. The van der Waals surface area contributed by atoms with Crippen molar-refractivity contribution in [2.75, 3.05) is 5.32 Å². The summed E-state index contributed by atoms with van der Waals surface area (Å²) in [6.07, 6.45) is 4.06. The molecule has 2 N–H and O–H groups in total. The van der Waals surface area contributed by atoms with E-state index in [0.29, 0.717) is 0 Å². The number of carboxylic acids is 1. The molecule has 0 saturated heterocycles. The summed E-state index contributed by atoms with van der Waals surface area (Å²) in [7, 11) is 0. The summed E-state index contributed by atoms with van der Waals surface area (Å²) >= 11 is 0. The third kappa shape index (κ3) is 2.14. The smallest absolute Gasteiger partial charge is 0.308 e. The topological polar surface area (TPSA) is 79.5 Å². The molecule has 1 saturated carbocycles. The lowest BCUT2D eigenvalue weighted by Gasteiger charge is -2.19. The minimum Gasteiger partial charge on any atom is -0.481 e. The summed E-state index contributed by atoms with van der Waals surface area (Å²) in [5.41, 5.74) is 1.85. The number of pyridine rings is 1. The second-order valence-electron chi connectivity index (χ2n) is 5.07. The number of aliphatic carboxylic acids is 1. The zero-order valence-corrected chi connectivity index (χ0v) is 10.7. The number of fused-ring (bicyclic) bond motifs is 1. The van der Waals surface area contributed by atoms with E-state index in [1.165, 1.54) is 6.33 Å². The molecular weight excluding hydrogens is 244 g/mol. The number of hydrogen-bond donors (Lipinski definition) is 2. The second-order valence-corrected chi connectivity index (χ2v) is 5.07. The van der Waals surface area contributed by atoms with Crippen molar-refractivity contribution in [1.82, 2.24) is 14.6 Å². The van der Waals surface area contributed by atoms with E-state index in [2.05, 4.69) is 15.4 Å². The highest BCUT2D eigenvalue weighted by Gasteiger charge is 2.33. The maximum atomic E-state index is 11.2. The van der Waals surface area contributed by atoms with Crippen LogP contribution < -0.4 is 5.32 Å². The molecule has 1 aliphatic carbocycles. The standard InChI is InChI=1S/C13H16N4O2/c1-8-5-11-14-7-15-17(11)12(6-8)16-10-4-2-3-9(10)13(18)19/h5-7,9-10,16H,2-4H2,1H3,(H,18,19). The second kappa shape index (κ2) is 4.53. The van der Waals surface area contributed by atoms with Crippen molar-refractivity contribution in [1.29, 1.82) is 0 Å². The molecule has 1 aliphatic rings. The van der Waals surface area contributed by atoms with Gasteiger partial charge in [-0.3, -0.25) is 4.79 Å². The Hall–Kier alpha value is -2.11. The van der Waals surface area contributed by atoms with Crippen molar-refractivity contribution in [3.05, 3.63) is 24.0 Å². The lowest BCUT2D eigenvalue weighted by Crippen LogP contribution is -2.30. The molecule has 19 heavy (non-hydrogen) atoms. The average molecular weight is 260 g/mol. The van der Waals surface area contributed by atoms with Crippen LogP contribution >= 0.6 is 0 Å². The summed E-state index contributed by atoms with van der Waals surface area (Å²) in [6.45, 7) is 1.99. The van der Waals surface area contributed by atoms with Gasteiger partial charge in [0.1, 0.15) is 12.1 Å². The quantitative estimate of drug-likeness (QED) is 0.878. The van der Waals surface area contributed by atoms with Gasteiger partial charge in [-0.25, -0.2) is 4.98 Å². The first kappa shape index (κ1) is 12.0. The maximum absolute atomic E-state index is 11.2. The molecular formula is C13H16N4O2. The number of anilines is 1. The number of hydrogen-bond acceptors (Lipinski definition) is 4. The lowest BCUT2D eigenvalue weighted by atomic mass is 10.0. The SMILES string of the molecule is Cc1cc(NC2CCCC2C(=O)O)n2ncnc2c1. The van der Waals surface area contributed by atoms with Crippen LogP contribution in [0.1, 0.15) is 24.8 Å². The highest BCUT2D eigenvalue weighted by molar-refractivity contribution is 5.72. The van der Waals surface area contributed by atoms with Gasteiger partial charge in [0.2, 0.25) is 0 Å². The number of aryl methyl sites for hydroxylation is 1. The molecule has 0 radical (unpaired) electrons. The first-order chi connectivity index (χ1) is 9.15. The Morgan fingerprint density at radius 2 is 2.32 bits per heavy atom. The molecule has 2 heterocycles. The zero-order valence-electron chi connectivity index (χ0n) is 10.7. The van der Waals surface area contributed by atoms with Gasteiger partial charge in [-0.2, -0.15) is 9.61 Å².